The summed E-state index contributed by atoms with van der Waals surface area (Å²) in [7, 11) is 0. The third kappa shape index (κ3) is 1.06. The van der Waals surface area contributed by atoms with E-state index in [-0.39, 0.29) is 0 Å². The maximum atomic E-state index is 3.45. The van der Waals surface area contributed by atoms with Gasteiger partial charge in [-0.3, -0.25) is 0 Å². The maximum absolute atomic E-state index is 3.45. The largest absolute Gasteiger partial charge is 0.353 e. The molecule has 0 aliphatic heterocycles. The van der Waals surface area contributed by atoms with Crippen molar-refractivity contribution in [1.82, 2.24) is 4.98 Å². The smallest absolute Gasteiger partial charge is 0.0701 e. The molecule has 3 aromatic rings. The number of H-pyrrole nitrogens is 1. The number of thiophene rings is 2. The average molecular weight is 221 g/mol. The van der Waals surface area contributed by atoms with Crippen LogP contribution in [0, 0.1) is 0 Å². The number of rotatable bonds is 1. The van der Waals surface area contributed by atoms with Crippen molar-refractivity contribution < 1.29 is 0 Å². The van der Waals surface area contributed by atoms with Crippen molar-refractivity contribution in [3.05, 3.63) is 22.4 Å². The van der Waals surface area contributed by atoms with Crippen LogP contribution in [0.25, 0.3) is 20.4 Å². The molecule has 0 radical (unpaired) electrons. The second-order valence-electron chi connectivity index (χ2n) is 3.83. The summed E-state index contributed by atoms with van der Waals surface area (Å²) >= 11 is 3.75. The third-order valence-corrected chi connectivity index (χ3v) is 4.98. The van der Waals surface area contributed by atoms with E-state index in [9.17, 15) is 0 Å². The van der Waals surface area contributed by atoms with Gasteiger partial charge < -0.3 is 4.98 Å². The molecule has 14 heavy (non-hydrogen) atoms. The monoisotopic (exact) mass is 221 g/mol. The Morgan fingerprint density at radius 1 is 1.21 bits per heavy atom. The second kappa shape index (κ2) is 2.84. The highest BCUT2D eigenvalue weighted by Gasteiger charge is 2.11. The normalized spacial score (nSPS) is 12.2. The number of aromatic nitrogens is 1. The van der Waals surface area contributed by atoms with Crippen LogP contribution in [0.15, 0.2) is 17.5 Å². The number of nitrogens with one attached hydrogen (secondary N) is 1. The van der Waals surface area contributed by atoms with Crippen LogP contribution in [-0.2, 0) is 0 Å². The lowest BCUT2D eigenvalue weighted by molar-refractivity contribution is 0.890. The zero-order valence-corrected chi connectivity index (χ0v) is 9.76. The average Bonchev–Trinajstić information content (AvgIpc) is 2.70. The fourth-order valence-electron chi connectivity index (χ4n) is 1.68. The fourth-order valence-corrected chi connectivity index (χ4v) is 3.83. The summed E-state index contributed by atoms with van der Waals surface area (Å²) in [5.41, 5.74) is 2.59. The van der Waals surface area contributed by atoms with Gasteiger partial charge in [0.2, 0.25) is 0 Å². The molecule has 0 atom stereocenters. The molecule has 0 saturated carbocycles. The van der Waals surface area contributed by atoms with Gasteiger partial charge in [0.05, 0.1) is 20.4 Å². The Morgan fingerprint density at radius 3 is 2.86 bits per heavy atom. The Kier molecular flexibility index (Phi) is 1.73. The number of hydrogen-bond donors (Lipinski definition) is 1. The molecule has 0 saturated heterocycles. The van der Waals surface area contributed by atoms with Crippen molar-refractivity contribution in [3.63, 3.8) is 0 Å². The van der Waals surface area contributed by atoms with E-state index in [4.69, 9.17) is 0 Å². The van der Waals surface area contributed by atoms with Gasteiger partial charge in [-0.25, -0.2) is 0 Å². The molecule has 0 aliphatic carbocycles. The number of aromatic amines is 1. The third-order valence-electron chi connectivity index (χ3n) is 2.46. The van der Waals surface area contributed by atoms with E-state index < -0.39 is 0 Å². The maximum Gasteiger partial charge on any atom is 0.0701 e. The molecule has 3 rings (SSSR count). The Morgan fingerprint density at radius 2 is 2.07 bits per heavy atom. The highest BCUT2D eigenvalue weighted by molar-refractivity contribution is 7.26. The van der Waals surface area contributed by atoms with E-state index in [2.05, 4.69) is 36.3 Å². The van der Waals surface area contributed by atoms with Gasteiger partial charge in [0, 0.05) is 4.88 Å². The SMILES string of the molecule is CC(C)c1cc2[nH]c3ccsc3c2s1. The van der Waals surface area contributed by atoms with Crippen molar-refractivity contribution in [2.24, 2.45) is 0 Å². The minimum Gasteiger partial charge on any atom is -0.353 e. The summed E-state index contributed by atoms with van der Waals surface area (Å²) in [6.45, 7) is 4.49. The summed E-state index contributed by atoms with van der Waals surface area (Å²) in [5.74, 6) is 0.635. The van der Waals surface area contributed by atoms with Gasteiger partial charge in [-0.2, -0.15) is 0 Å². The van der Waals surface area contributed by atoms with Gasteiger partial charge in [0.15, 0.2) is 0 Å². The predicted octanol–water partition coefficient (Wildman–Crippen LogP) is 4.57. The zero-order chi connectivity index (χ0) is 9.71. The van der Waals surface area contributed by atoms with Crippen LogP contribution >= 0.6 is 22.7 Å². The molecule has 0 spiro atoms. The van der Waals surface area contributed by atoms with Crippen molar-refractivity contribution in [3.8, 4) is 0 Å². The first-order valence-electron chi connectivity index (χ1n) is 4.74. The quantitative estimate of drug-likeness (QED) is 0.619. The molecule has 1 N–H and O–H groups in total. The van der Waals surface area contributed by atoms with Gasteiger partial charge in [-0.05, 0) is 23.4 Å². The van der Waals surface area contributed by atoms with Gasteiger partial charge in [0.1, 0.15) is 0 Å². The molecular weight excluding hydrogens is 210 g/mol. The Balaban J connectivity index is 2.37. The molecule has 0 amide bonds. The Bertz CT molecular complexity index is 583. The summed E-state index contributed by atoms with van der Waals surface area (Å²) in [4.78, 5) is 4.93. The lowest BCUT2D eigenvalue weighted by atomic mass is 10.2. The summed E-state index contributed by atoms with van der Waals surface area (Å²) in [5, 5.41) is 2.15. The van der Waals surface area contributed by atoms with E-state index in [0.29, 0.717) is 5.92 Å². The predicted molar refractivity (Wildman–Crippen MR) is 65.6 cm³/mol. The Labute approximate surface area is 90.4 Å². The minimum atomic E-state index is 0.635. The number of fused-ring (bicyclic) bond motifs is 3. The van der Waals surface area contributed by atoms with E-state index >= 15 is 0 Å². The summed E-state index contributed by atoms with van der Waals surface area (Å²) < 4.78 is 2.84. The van der Waals surface area contributed by atoms with Crippen LogP contribution in [0.4, 0.5) is 0 Å². The van der Waals surface area contributed by atoms with Crippen LogP contribution in [0.3, 0.4) is 0 Å². The van der Waals surface area contributed by atoms with Crippen LogP contribution in [0.1, 0.15) is 24.6 Å². The van der Waals surface area contributed by atoms with E-state index in [0.717, 1.165) is 0 Å². The van der Waals surface area contributed by atoms with Crippen molar-refractivity contribution in [2.45, 2.75) is 19.8 Å². The Hall–Kier alpha value is -0.800. The topological polar surface area (TPSA) is 15.8 Å². The van der Waals surface area contributed by atoms with Crippen molar-refractivity contribution in [2.75, 3.05) is 0 Å². The molecule has 3 heteroatoms. The highest BCUT2D eigenvalue weighted by Crippen LogP contribution is 2.37. The number of hydrogen-bond acceptors (Lipinski definition) is 2. The fraction of sp³-hybridized carbons (Fsp3) is 0.273. The van der Waals surface area contributed by atoms with E-state index in [1.807, 2.05) is 22.7 Å². The van der Waals surface area contributed by atoms with Crippen LogP contribution in [-0.4, -0.2) is 4.98 Å². The van der Waals surface area contributed by atoms with Gasteiger partial charge in [-0.1, -0.05) is 13.8 Å². The van der Waals surface area contributed by atoms with Gasteiger partial charge in [-0.15, -0.1) is 22.7 Å². The van der Waals surface area contributed by atoms with Crippen LogP contribution in [0.5, 0.6) is 0 Å². The molecule has 0 aliphatic rings. The lowest BCUT2D eigenvalue weighted by Gasteiger charge is -1.96. The molecule has 3 aromatic heterocycles. The van der Waals surface area contributed by atoms with Crippen LogP contribution in [0.2, 0.25) is 0 Å². The van der Waals surface area contributed by atoms with Crippen molar-refractivity contribution in [1.29, 1.82) is 0 Å². The summed E-state index contributed by atoms with van der Waals surface area (Å²) in [6.07, 6.45) is 0. The lowest BCUT2D eigenvalue weighted by Crippen LogP contribution is -1.78. The molecule has 0 aromatic carbocycles. The van der Waals surface area contributed by atoms with E-state index in [1.165, 1.54) is 25.3 Å². The van der Waals surface area contributed by atoms with E-state index in [1.54, 1.807) is 0 Å². The first kappa shape index (κ1) is 8.50. The first-order valence-corrected chi connectivity index (χ1v) is 6.44. The molecule has 0 bridgehead atoms. The van der Waals surface area contributed by atoms with Gasteiger partial charge in [0.25, 0.3) is 0 Å². The highest BCUT2D eigenvalue weighted by atomic mass is 32.1. The molecule has 1 nitrogen and oxygen atoms in total. The minimum absolute atomic E-state index is 0.635. The zero-order valence-electron chi connectivity index (χ0n) is 8.13. The molecule has 0 unspecified atom stereocenters. The molecule has 72 valence electrons. The first-order chi connectivity index (χ1) is 6.75. The molecule has 3 heterocycles. The van der Waals surface area contributed by atoms with Crippen LogP contribution < -0.4 is 0 Å². The summed E-state index contributed by atoms with van der Waals surface area (Å²) in [6, 6.07) is 4.44. The molecule has 0 fully saturated rings. The molecular formula is C11H11NS2. The van der Waals surface area contributed by atoms with Crippen molar-refractivity contribution >= 4 is 43.1 Å². The standard InChI is InChI=1S/C11H11NS2/c1-6(2)9-5-8-11(14-9)10-7(12-8)3-4-13-10/h3-6,12H,1-2H3. The van der Waals surface area contributed by atoms with Gasteiger partial charge >= 0.3 is 0 Å². The second-order valence-corrected chi connectivity index (χ2v) is 5.83.